The Morgan fingerprint density at radius 2 is 1.93 bits per heavy atom. The highest BCUT2D eigenvalue weighted by atomic mass is 17.2. The molecule has 4 nitrogen and oxygen atoms in total. The molecule has 1 saturated heterocycles. The molecule has 0 bridgehead atoms. The van der Waals surface area contributed by atoms with E-state index in [1.54, 1.807) is 19.2 Å². The first-order valence-electron chi connectivity index (χ1n) is 4.43. The van der Waals surface area contributed by atoms with Gasteiger partial charge in [-0.25, -0.2) is 0 Å². The molecule has 0 radical (unpaired) electrons. The molecule has 1 aliphatic rings. The van der Waals surface area contributed by atoms with Gasteiger partial charge in [-0.05, 0) is 24.3 Å². The quantitative estimate of drug-likeness (QED) is 0.405. The lowest BCUT2D eigenvalue weighted by molar-refractivity contribution is -0.209. The van der Waals surface area contributed by atoms with Crippen LogP contribution in [0.2, 0.25) is 0 Å². The number of hydrogen-bond donors (Lipinski definition) is 0. The normalized spacial score (nSPS) is 19.1. The van der Waals surface area contributed by atoms with Gasteiger partial charge < -0.3 is 14.4 Å². The van der Waals surface area contributed by atoms with Crippen molar-refractivity contribution in [1.29, 1.82) is 0 Å². The van der Waals surface area contributed by atoms with Crippen LogP contribution in [-0.4, -0.2) is 26.4 Å². The van der Waals surface area contributed by atoms with Gasteiger partial charge in [0.2, 0.25) is 0 Å². The predicted molar refractivity (Wildman–Crippen MR) is 49.3 cm³/mol. The highest BCUT2D eigenvalue weighted by molar-refractivity contribution is 5.30. The lowest BCUT2D eigenvalue weighted by Crippen LogP contribution is -2.04. The molecule has 2 rings (SSSR count). The van der Waals surface area contributed by atoms with Gasteiger partial charge in [-0.2, -0.15) is 4.89 Å². The first-order valence-corrected chi connectivity index (χ1v) is 4.43. The summed E-state index contributed by atoms with van der Waals surface area (Å²) in [5.74, 6) is 1.45. The molecule has 1 aromatic rings. The third-order valence-electron chi connectivity index (χ3n) is 1.87. The topological polar surface area (TPSA) is 40.2 Å². The summed E-state index contributed by atoms with van der Waals surface area (Å²) in [5.41, 5.74) is 0. The number of hydrogen-bond acceptors (Lipinski definition) is 4. The standard InChI is InChI=1S/C10H12O4/c1-11-8-2-4-9(5-3-8)14-13-7-10-6-12-10/h2-5,10H,6-7H2,1H3/t10-/m0/s1. The molecule has 0 aromatic heterocycles. The maximum atomic E-state index is 5.02. The summed E-state index contributed by atoms with van der Waals surface area (Å²) < 4.78 is 9.96. The molecule has 1 aromatic carbocycles. The SMILES string of the molecule is COc1ccc(OOC[C@@H]2CO2)cc1. The van der Waals surface area contributed by atoms with E-state index in [1.165, 1.54) is 0 Å². The molecule has 1 aliphatic heterocycles. The van der Waals surface area contributed by atoms with Crippen molar-refractivity contribution in [3.63, 3.8) is 0 Å². The third kappa shape index (κ3) is 2.61. The Kier molecular flexibility index (Phi) is 2.86. The van der Waals surface area contributed by atoms with Gasteiger partial charge in [-0.3, -0.25) is 0 Å². The van der Waals surface area contributed by atoms with E-state index in [1.807, 2.05) is 12.1 Å². The molecule has 0 amide bonds. The Balaban J connectivity index is 1.77. The summed E-state index contributed by atoms with van der Waals surface area (Å²) in [4.78, 5) is 9.97. The van der Waals surface area contributed by atoms with Crippen molar-refractivity contribution in [3.8, 4) is 11.5 Å². The van der Waals surface area contributed by atoms with Crippen molar-refractivity contribution < 1.29 is 19.2 Å². The first kappa shape index (κ1) is 9.30. The predicted octanol–water partition coefficient (Wildman–Crippen LogP) is 1.40. The largest absolute Gasteiger partial charge is 0.497 e. The number of methoxy groups -OCH3 is 1. The maximum absolute atomic E-state index is 5.02. The zero-order chi connectivity index (χ0) is 9.80. The summed E-state index contributed by atoms with van der Waals surface area (Å²) >= 11 is 0. The van der Waals surface area contributed by atoms with E-state index in [9.17, 15) is 0 Å². The van der Waals surface area contributed by atoms with Gasteiger partial charge in [-0.15, -0.1) is 0 Å². The fraction of sp³-hybridized carbons (Fsp3) is 0.400. The van der Waals surface area contributed by atoms with Crippen LogP contribution in [0.5, 0.6) is 11.5 Å². The Bertz CT molecular complexity index is 279. The minimum atomic E-state index is 0.216. The van der Waals surface area contributed by atoms with E-state index in [0.717, 1.165) is 12.4 Å². The van der Waals surface area contributed by atoms with E-state index >= 15 is 0 Å². The van der Waals surface area contributed by atoms with E-state index in [4.69, 9.17) is 19.2 Å². The van der Waals surface area contributed by atoms with Crippen molar-refractivity contribution in [2.75, 3.05) is 20.3 Å². The minimum Gasteiger partial charge on any atom is -0.497 e. The Labute approximate surface area is 82.3 Å². The number of epoxide rings is 1. The molecule has 1 atom stereocenters. The molecular weight excluding hydrogens is 184 g/mol. The van der Waals surface area contributed by atoms with E-state index < -0.39 is 0 Å². The molecule has 0 saturated carbocycles. The fourth-order valence-electron chi connectivity index (χ4n) is 0.974. The average molecular weight is 196 g/mol. The molecule has 0 unspecified atom stereocenters. The summed E-state index contributed by atoms with van der Waals surface area (Å²) in [6, 6.07) is 7.19. The van der Waals surface area contributed by atoms with Crippen LogP contribution in [0, 0.1) is 0 Å². The van der Waals surface area contributed by atoms with Crippen LogP contribution in [0.25, 0.3) is 0 Å². The molecule has 0 aliphatic carbocycles. The van der Waals surface area contributed by atoms with Crippen molar-refractivity contribution in [2.45, 2.75) is 6.10 Å². The number of ether oxygens (including phenoxy) is 2. The van der Waals surface area contributed by atoms with Crippen LogP contribution in [0.4, 0.5) is 0 Å². The summed E-state index contributed by atoms with van der Waals surface area (Å²) in [6.07, 6.45) is 0.216. The lowest BCUT2D eigenvalue weighted by Gasteiger charge is -2.04. The smallest absolute Gasteiger partial charge is 0.165 e. The lowest BCUT2D eigenvalue weighted by atomic mass is 10.3. The highest BCUT2D eigenvalue weighted by Gasteiger charge is 2.23. The van der Waals surface area contributed by atoms with Crippen LogP contribution >= 0.6 is 0 Å². The number of benzene rings is 1. The molecule has 0 spiro atoms. The van der Waals surface area contributed by atoms with Gasteiger partial charge in [0.25, 0.3) is 0 Å². The summed E-state index contributed by atoms with van der Waals surface area (Å²) in [7, 11) is 1.62. The van der Waals surface area contributed by atoms with Crippen LogP contribution in [0.1, 0.15) is 0 Å². The van der Waals surface area contributed by atoms with Crippen LogP contribution in [-0.2, 0) is 9.62 Å². The van der Waals surface area contributed by atoms with Gasteiger partial charge in [0.05, 0.1) is 13.7 Å². The van der Waals surface area contributed by atoms with Gasteiger partial charge in [0.1, 0.15) is 18.5 Å². The van der Waals surface area contributed by atoms with Crippen molar-refractivity contribution >= 4 is 0 Å². The van der Waals surface area contributed by atoms with Gasteiger partial charge >= 0.3 is 0 Å². The fourth-order valence-corrected chi connectivity index (χ4v) is 0.974. The van der Waals surface area contributed by atoms with Gasteiger partial charge in [0.15, 0.2) is 5.75 Å². The van der Waals surface area contributed by atoms with Crippen LogP contribution in [0.15, 0.2) is 24.3 Å². The monoisotopic (exact) mass is 196 g/mol. The minimum absolute atomic E-state index is 0.216. The van der Waals surface area contributed by atoms with Crippen molar-refractivity contribution in [2.24, 2.45) is 0 Å². The van der Waals surface area contributed by atoms with E-state index in [-0.39, 0.29) is 6.10 Å². The molecular formula is C10H12O4. The third-order valence-corrected chi connectivity index (χ3v) is 1.87. The maximum Gasteiger partial charge on any atom is 0.165 e. The zero-order valence-electron chi connectivity index (χ0n) is 7.93. The van der Waals surface area contributed by atoms with Crippen molar-refractivity contribution in [3.05, 3.63) is 24.3 Å². The Hall–Kier alpha value is -1.26. The molecule has 1 heterocycles. The highest BCUT2D eigenvalue weighted by Crippen LogP contribution is 2.17. The Morgan fingerprint density at radius 3 is 2.50 bits per heavy atom. The second-order valence-corrected chi connectivity index (χ2v) is 3.00. The second kappa shape index (κ2) is 4.30. The van der Waals surface area contributed by atoms with E-state index in [2.05, 4.69) is 0 Å². The van der Waals surface area contributed by atoms with Gasteiger partial charge in [0, 0.05) is 0 Å². The molecule has 1 fully saturated rings. The Morgan fingerprint density at radius 1 is 1.29 bits per heavy atom. The van der Waals surface area contributed by atoms with E-state index in [0.29, 0.717) is 12.4 Å². The molecule has 14 heavy (non-hydrogen) atoms. The second-order valence-electron chi connectivity index (χ2n) is 3.00. The average Bonchev–Trinajstić information content (AvgIpc) is 3.03. The summed E-state index contributed by atoms with van der Waals surface area (Å²) in [5, 5.41) is 0. The zero-order valence-corrected chi connectivity index (χ0v) is 7.93. The first-order chi connectivity index (χ1) is 6.88. The summed E-state index contributed by atoms with van der Waals surface area (Å²) in [6.45, 7) is 1.25. The van der Waals surface area contributed by atoms with Gasteiger partial charge in [-0.1, -0.05) is 0 Å². The molecule has 4 heteroatoms. The molecule has 76 valence electrons. The van der Waals surface area contributed by atoms with Crippen LogP contribution in [0.3, 0.4) is 0 Å². The number of rotatable bonds is 5. The molecule has 0 N–H and O–H groups in total. The van der Waals surface area contributed by atoms with Crippen molar-refractivity contribution in [1.82, 2.24) is 0 Å². The van der Waals surface area contributed by atoms with Crippen LogP contribution < -0.4 is 9.62 Å².